The second-order valence-corrected chi connectivity index (χ2v) is 7.25. The highest BCUT2D eigenvalue weighted by Crippen LogP contribution is 2.26. The first-order valence-corrected chi connectivity index (χ1v) is 9.63. The van der Waals surface area contributed by atoms with Gasteiger partial charge in [-0.2, -0.15) is 0 Å². The van der Waals surface area contributed by atoms with Gasteiger partial charge in [0.15, 0.2) is 0 Å². The fourth-order valence-corrected chi connectivity index (χ4v) is 3.50. The van der Waals surface area contributed by atoms with Crippen LogP contribution in [0.15, 0.2) is 52.9 Å². The van der Waals surface area contributed by atoms with Gasteiger partial charge < -0.3 is 14.6 Å². The largest absolute Gasteiger partial charge is 0.405 e. The number of carbonyl (C=O) groups excluding carboxylic acids is 1. The van der Waals surface area contributed by atoms with Crippen LogP contribution in [-0.4, -0.2) is 29.2 Å². The lowest BCUT2D eigenvalue weighted by molar-refractivity contribution is 0.0937. The maximum atomic E-state index is 13.0. The third kappa shape index (κ3) is 3.76. The molecule has 144 valence electrons. The Morgan fingerprint density at radius 3 is 2.57 bits per heavy atom. The van der Waals surface area contributed by atoms with E-state index in [4.69, 9.17) is 4.42 Å². The summed E-state index contributed by atoms with van der Waals surface area (Å²) in [6.45, 7) is 5.76. The number of aromatic nitrogens is 2. The molecule has 28 heavy (non-hydrogen) atoms. The minimum Gasteiger partial charge on any atom is -0.405 e. The molecule has 1 amide bonds. The standard InChI is InChI=1S/C22H24N4O2/c1-15-10-11-16(2)18(14-15)20(27)23-19(17-8-4-3-5-9-17)21-24-25-22(28-21)26-12-6-7-13-26/h3-5,8-11,14,19H,6-7,12-13H2,1-2H3,(H,23,27). The van der Waals surface area contributed by atoms with E-state index >= 15 is 0 Å². The van der Waals surface area contributed by atoms with Crippen LogP contribution in [-0.2, 0) is 0 Å². The van der Waals surface area contributed by atoms with Crippen LogP contribution in [0.4, 0.5) is 6.01 Å². The SMILES string of the molecule is Cc1ccc(C)c(C(=O)NC(c2ccccc2)c2nnc(N3CCCC3)o2)c1. The summed E-state index contributed by atoms with van der Waals surface area (Å²) in [5, 5.41) is 11.5. The number of hydrogen-bond acceptors (Lipinski definition) is 5. The predicted molar refractivity (Wildman–Crippen MR) is 107 cm³/mol. The Bertz CT molecular complexity index is 962. The summed E-state index contributed by atoms with van der Waals surface area (Å²) in [6.07, 6.45) is 2.26. The molecule has 1 N–H and O–H groups in total. The van der Waals surface area contributed by atoms with Crippen molar-refractivity contribution in [2.45, 2.75) is 32.7 Å². The molecule has 1 aliphatic heterocycles. The van der Waals surface area contributed by atoms with Gasteiger partial charge in [0.05, 0.1) is 0 Å². The van der Waals surface area contributed by atoms with Crippen LogP contribution in [0.2, 0.25) is 0 Å². The van der Waals surface area contributed by atoms with E-state index in [0.29, 0.717) is 17.5 Å². The highest BCUT2D eigenvalue weighted by atomic mass is 16.4. The molecule has 0 saturated carbocycles. The third-order valence-corrected chi connectivity index (χ3v) is 5.10. The summed E-state index contributed by atoms with van der Waals surface area (Å²) in [4.78, 5) is 15.1. The number of hydrogen-bond donors (Lipinski definition) is 1. The van der Waals surface area contributed by atoms with E-state index in [2.05, 4.69) is 20.4 Å². The van der Waals surface area contributed by atoms with Crippen molar-refractivity contribution in [3.63, 3.8) is 0 Å². The van der Waals surface area contributed by atoms with E-state index in [1.54, 1.807) is 0 Å². The molecular formula is C22H24N4O2. The summed E-state index contributed by atoms with van der Waals surface area (Å²) in [6, 6.07) is 15.6. The number of amides is 1. The molecule has 0 spiro atoms. The van der Waals surface area contributed by atoms with Crippen molar-refractivity contribution in [1.29, 1.82) is 0 Å². The van der Waals surface area contributed by atoms with Gasteiger partial charge in [0, 0.05) is 18.7 Å². The van der Waals surface area contributed by atoms with Crippen LogP contribution < -0.4 is 10.2 Å². The summed E-state index contributed by atoms with van der Waals surface area (Å²) in [7, 11) is 0. The van der Waals surface area contributed by atoms with Crippen molar-refractivity contribution < 1.29 is 9.21 Å². The van der Waals surface area contributed by atoms with E-state index in [9.17, 15) is 4.79 Å². The molecule has 2 heterocycles. The molecule has 1 aromatic heterocycles. The number of nitrogens with one attached hydrogen (secondary N) is 1. The van der Waals surface area contributed by atoms with E-state index in [0.717, 1.165) is 42.6 Å². The maximum Gasteiger partial charge on any atom is 0.318 e. The van der Waals surface area contributed by atoms with Crippen LogP contribution in [0.5, 0.6) is 0 Å². The van der Waals surface area contributed by atoms with Crippen molar-refractivity contribution in [2.24, 2.45) is 0 Å². The normalized spacial score (nSPS) is 14.9. The molecule has 3 aromatic rings. The molecule has 6 heteroatoms. The fourth-order valence-electron chi connectivity index (χ4n) is 3.50. The smallest absolute Gasteiger partial charge is 0.318 e. The molecule has 2 aromatic carbocycles. The highest BCUT2D eigenvalue weighted by molar-refractivity contribution is 5.96. The van der Waals surface area contributed by atoms with Crippen LogP contribution in [0.25, 0.3) is 0 Å². The number of aryl methyl sites for hydroxylation is 2. The lowest BCUT2D eigenvalue weighted by Gasteiger charge is -2.17. The zero-order valence-corrected chi connectivity index (χ0v) is 16.2. The van der Waals surface area contributed by atoms with E-state index in [-0.39, 0.29) is 5.91 Å². The summed E-state index contributed by atoms with van der Waals surface area (Å²) in [5.74, 6) is 0.239. The lowest BCUT2D eigenvalue weighted by atomic mass is 10.0. The van der Waals surface area contributed by atoms with Gasteiger partial charge in [-0.15, -0.1) is 5.10 Å². The fraction of sp³-hybridized carbons (Fsp3) is 0.318. The van der Waals surface area contributed by atoms with Crippen molar-refractivity contribution >= 4 is 11.9 Å². The number of carbonyl (C=O) groups is 1. The average Bonchev–Trinajstić information content (AvgIpc) is 3.40. The quantitative estimate of drug-likeness (QED) is 0.733. The Morgan fingerprint density at radius 1 is 1.07 bits per heavy atom. The molecule has 1 unspecified atom stereocenters. The molecule has 1 fully saturated rings. The van der Waals surface area contributed by atoms with Gasteiger partial charge in [-0.3, -0.25) is 4.79 Å². The maximum absolute atomic E-state index is 13.0. The Hall–Kier alpha value is -3.15. The van der Waals surface area contributed by atoms with Crippen molar-refractivity contribution in [2.75, 3.05) is 18.0 Å². The molecule has 1 saturated heterocycles. The van der Waals surface area contributed by atoms with Gasteiger partial charge in [0.1, 0.15) is 6.04 Å². The average molecular weight is 376 g/mol. The van der Waals surface area contributed by atoms with E-state index in [1.165, 1.54) is 0 Å². The van der Waals surface area contributed by atoms with Gasteiger partial charge >= 0.3 is 6.01 Å². The predicted octanol–water partition coefficient (Wildman–Crippen LogP) is 3.81. The number of rotatable bonds is 5. The summed E-state index contributed by atoms with van der Waals surface area (Å²) < 4.78 is 5.96. The number of nitrogens with zero attached hydrogens (tertiary/aromatic N) is 3. The van der Waals surface area contributed by atoms with Gasteiger partial charge in [-0.25, -0.2) is 0 Å². The van der Waals surface area contributed by atoms with Crippen molar-refractivity contribution in [3.8, 4) is 0 Å². The Morgan fingerprint density at radius 2 is 1.82 bits per heavy atom. The first-order chi connectivity index (χ1) is 13.6. The van der Waals surface area contributed by atoms with Gasteiger partial charge in [0.2, 0.25) is 5.89 Å². The molecule has 1 aliphatic rings. The molecule has 4 rings (SSSR count). The van der Waals surface area contributed by atoms with Crippen LogP contribution in [0.3, 0.4) is 0 Å². The van der Waals surface area contributed by atoms with Crippen molar-refractivity contribution in [1.82, 2.24) is 15.5 Å². The van der Waals surface area contributed by atoms with Crippen molar-refractivity contribution in [3.05, 3.63) is 76.7 Å². The van der Waals surface area contributed by atoms with E-state index < -0.39 is 6.04 Å². The highest BCUT2D eigenvalue weighted by Gasteiger charge is 2.26. The minimum absolute atomic E-state index is 0.157. The van der Waals surface area contributed by atoms with E-state index in [1.807, 2.05) is 62.4 Å². The van der Waals surface area contributed by atoms with Crippen LogP contribution >= 0.6 is 0 Å². The minimum atomic E-state index is -0.502. The Kier molecular flexibility index (Phi) is 5.10. The topological polar surface area (TPSA) is 71.3 Å². The van der Waals surface area contributed by atoms with Gasteiger partial charge in [-0.1, -0.05) is 53.1 Å². The first-order valence-electron chi connectivity index (χ1n) is 9.63. The first kappa shape index (κ1) is 18.2. The zero-order valence-electron chi connectivity index (χ0n) is 16.2. The van der Waals surface area contributed by atoms with Gasteiger partial charge in [-0.05, 0) is 43.9 Å². The zero-order chi connectivity index (χ0) is 19.5. The molecule has 0 aliphatic carbocycles. The molecule has 0 radical (unpaired) electrons. The molecule has 1 atom stereocenters. The molecule has 6 nitrogen and oxygen atoms in total. The Labute approximate surface area is 164 Å². The monoisotopic (exact) mass is 376 g/mol. The second kappa shape index (κ2) is 7.84. The van der Waals surface area contributed by atoms with Crippen LogP contribution in [0.1, 0.15) is 51.8 Å². The van der Waals surface area contributed by atoms with Crippen LogP contribution in [0, 0.1) is 13.8 Å². The third-order valence-electron chi connectivity index (χ3n) is 5.10. The summed E-state index contributed by atoms with van der Waals surface area (Å²) in [5.41, 5.74) is 3.53. The summed E-state index contributed by atoms with van der Waals surface area (Å²) >= 11 is 0. The Balaban J connectivity index is 1.65. The number of benzene rings is 2. The lowest BCUT2D eigenvalue weighted by Crippen LogP contribution is -2.30. The molecule has 0 bridgehead atoms. The van der Waals surface area contributed by atoms with Gasteiger partial charge in [0.25, 0.3) is 5.91 Å². The number of anilines is 1. The molecular weight excluding hydrogens is 352 g/mol. The second-order valence-electron chi connectivity index (χ2n) is 7.25.